The molecule has 80 valence electrons. The molecule has 1 aromatic heterocycles. The lowest BCUT2D eigenvalue weighted by Crippen LogP contribution is -2.38. The summed E-state index contributed by atoms with van der Waals surface area (Å²) in [6, 6.07) is 3.21. The first-order chi connectivity index (χ1) is 7.02. The summed E-state index contributed by atoms with van der Waals surface area (Å²) in [7, 11) is 0. The third-order valence-corrected chi connectivity index (χ3v) is 2.51. The van der Waals surface area contributed by atoms with Crippen molar-refractivity contribution in [2.75, 3.05) is 6.54 Å². The van der Waals surface area contributed by atoms with Gasteiger partial charge in [0.25, 0.3) is 5.91 Å². The van der Waals surface area contributed by atoms with Gasteiger partial charge in [-0.25, -0.2) is 0 Å². The van der Waals surface area contributed by atoms with Crippen LogP contribution >= 0.6 is 11.3 Å². The fourth-order valence-electron chi connectivity index (χ4n) is 0.995. The van der Waals surface area contributed by atoms with Crippen molar-refractivity contribution in [3.8, 4) is 0 Å². The van der Waals surface area contributed by atoms with Gasteiger partial charge in [0.15, 0.2) is 0 Å². The van der Waals surface area contributed by atoms with Gasteiger partial charge >= 0.3 is 5.97 Å². The first-order valence-electron chi connectivity index (χ1n) is 4.10. The molecule has 0 fully saturated rings. The Morgan fingerprint density at radius 1 is 1.47 bits per heavy atom. The highest BCUT2D eigenvalue weighted by atomic mass is 32.1. The van der Waals surface area contributed by atoms with Gasteiger partial charge in [0.2, 0.25) is 5.91 Å². The highest BCUT2D eigenvalue weighted by Crippen LogP contribution is 2.11. The molecule has 0 saturated carbocycles. The maximum atomic E-state index is 11.6. The van der Waals surface area contributed by atoms with Gasteiger partial charge in [-0.3, -0.25) is 19.3 Å². The van der Waals surface area contributed by atoms with Gasteiger partial charge in [-0.2, -0.15) is 0 Å². The van der Waals surface area contributed by atoms with E-state index >= 15 is 0 Å². The van der Waals surface area contributed by atoms with Gasteiger partial charge in [0, 0.05) is 6.92 Å². The van der Waals surface area contributed by atoms with Gasteiger partial charge < -0.3 is 5.11 Å². The van der Waals surface area contributed by atoms with Crippen molar-refractivity contribution in [3.05, 3.63) is 22.4 Å². The Bertz CT molecular complexity index is 385. The third-order valence-electron chi connectivity index (χ3n) is 1.65. The van der Waals surface area contributed by atoms with Crippen molar-refractivity contribution in [1.29, 1.82) is 0 Å². The molecule has 1 aromatic rings. The van der Waals surface area contributed by atoms with E-state index in [-0.39, 0.29) is 0 Å². The first-order valence-corrected chi connectivity index (χ1v) is 4.98. The summed E-state index contributed by atoms with van der Waals surface area (Å²) in [6.07, 6.45) is 0. The Morgan fingerprint density at radius 2 is 2.13 bits per heavy atom. The van der Waals surface area contributed by atoms with E-state index in [9.17, 15) is 14.4 Å². The molecule has 1 heterocycles. The number of thiophene rings is 1. The van der Waals surface area contributed by atoms with E-state index in [1.54, 1.807) is 17.5 Å². The molecule has 1 rings (SSSR count). The molecule has 1 N–H and O–H groups in total. The molecule has 2 amide bonds. The number of carbonyl (C=O) groups is 3. The second-order valence-corrected chi connectivity index (χ2v) is 3.73. The third kappa shape index (κ3) is 2.88. The zero-order valence-electron chi connectivity index (χ0n) is 7.97. The smallest absolute Gasteiger partial charge is 0.323 e. The lowest BCUT2D eigenvalue weighted by Gasteiger charge is -2.15. The minimum Gasteiger partial charge on any atom is -0.480 e. The zero-order chi connectivity index (χ0) is 11.4. The summed E-state index contributed by atoms with van der Waals surface area (Å²) in [5.74, 6) is -2.36. The number of imide groups is 1. The Morgan fingerprint density at radius 3 is 2.53 bits per heavy atom. The summed E-state index contributed by atoms with van der Waals surface area (Å²) in [5.41, 5.74) is 0. The number of hydrogen-bond acceptors (Lipinski definition) is 4. The number of carboxylic acid groups (broad SMARTS) is 1. The van der Waals surface area contributed by atoms with Crippen molar-refractivity contribution < 1.29 is 19.5 Å². The molecule has 0 aliphatic heterocycles. The van der Waals surface area contributed by atoms with Crippen LogP contribution < -0.4 is 0 Å². The molecule has 0 bridgehead atoms. The molecular formula is C9H9NO4S. The fourth-order valence-corrected chi connectivity index (χ4v) is 1.67. The van der Waals surface area contributed by atoms with Crippen molar-refractivity contribution in [3.63, 3.8) is 0 Å². The van der Waals surface area contributed by atoms with Crippen LogP contribution in [0, 0.1) is 0 Å². The first kappa shape index (κ1) is 11.4. The summed E-state index contributed by atoms with van der Waals surface area (Å²) >= 11 is 1.17. The quantitative estimate of drug-likeness (QED) is 0.829. The average molecular weight is 227 g/mol. The zero-order valence-corrected chi connectivity index (χ0v) is 8.78. The number of nitrogens with zero attached hydrogens (tertiary/aromatic N) is 1. The molecule has 5 nitrogen and oxygen atoms in total. The number of carbonyl (C=O) groups excluding carboxylic acids is 2. The molecular weight excluding hydrogens is 218 g/mol. The number of amides is 2. The maximum absolute atomic E-state index is 11.6. The molecule has 0 aliphatic rings. The number of carboxylic acids is 1. The number of rotatable bonds is 3. The summed E-state index contributed by atoms with van der Waals surface area (Å²) in [6.45, 7) is 0.556. The average Bonchev–Trinajstić information content (AvgIpc) is 2.65. The summed E-state index contributed by atoms with van der Waals surface area (Å²) < 4.78 is 0. The highest BCUT2D eigenvalue weighted by molar-refractivity contribution is 7.12. The topological polar surface area (TPSA) is 74.7 Å². The molecule has 0 aromatic carbocycles. The van der Waals surface area contributed by atoms with Gasteiger partial charge in [0.1, 0.15) is 6.54 Å². The van der Waals surface area contributed by atoms with Crippen LogP contribution in [-0.4, -0.2) is 34.3 Å². The molecule has 6 heteroatoms. The van der Waals surface area contributed by atoms with Gasteiger partial charge in [-0.1, -0.05) is 6.07 Å². The monoisotopic (exact) mass is 227 g/mol. The van der Waals surface area contributed by atoms with Crippen LogP contribution in [0.3, 0.4) is 0 Å². The van der Waals surface area contributed by atoms with Gasteiger partial charge in [-0.15, -0.1) is 11.3 Å². The van der Waals surface area contributed by atoms with Crippen LogP contribution in [0.4, 0.5) is 0 Å². The van der Waals surface area contributed by atoms with Crippen LogP contribution in [0.15, 0.2) is 17.5 Å². The fraction of sp³-hybridized carbons (Fsp3) is 0.222. The molecule has 0 saturated heterocycles. The Balaban J connectivity index is 2.86. The second-order valence-electron chi connectivity index (χ2n) is 2.78. The highest BCUT2D eigenvalue weighted by Gasteiger charge is 2.22. The normalized spacial score (nSPS) is 9.67. The van der Waals surface area contributed by atoms with E-state index in [2.05, 4.69) is 0 Å². The Labute approximate surface area is 89.9 Å². The van der Waals surface area contributed by atoms with Gasteiger partial charge in [-0.05, 0) is 11.4 Å². The molecule has 0 radical (unpaired) electrons. The van der Waals surface area contributed by atoms with Crippen LogP contribution in [0.2, 0.25) is 0 Å². The van der Waals surface area contributed by atoms with Crippen molar-refractivity contribution >= 4 is 29.1 Å². The molecule has 0 atom stereocenters. The Kier molecular flexibility index (Phi) is 3.56. The molecule has 0 spiro atoms. The molecule has 0 aliphatic carbocycles. The standard InChI is InChI=1S/C9H9NO4S/c1-6(11)10(5-8(12)13)9(14)7-3-2-4-15-7/h2-4H,5H2,1H3,(H,12,13). The lowest BCUT2D eigenvalue weighted by molar-refractivity contribution is -0.142. The molecule has 15 heavy (non-hydrogen) atoms. The largest absolute Gasteiger partial charge is 0.480 e. The van der Waals surface area contributed by atoms with E-state index in [0.29, 0.717) is 9.78 Å². The predicted octanol–water partition coefficient (Wildman–Crippen LogP) is 0.821. The van der Waals surface area contributed by atoms with E-state index in [1.807, 2.05) is 0 Å². The van der Waals surface area contributed by atoms with Crippen LogP contribution in [0.5, 0.6) is 0 Å². The van der Waals surface area contributed by atoms with E-state index in [4.69, 9.17) is 5.11 Å². The van der Waals surface area contributed by atoms with Crippen LogP contribution in [-0.2, 0) is 9.59 Å². The van der Waals surface area contributed by atoms with E-state index in [0.717, 1.165) is 6.92 Å². The van der Waals surface area contributed by atoms with E-state index in [1.165, 1.54) is 11.3 Å². The second kappa shape index (κ2) is 4.70. The molecule has 0 unspecified atom stereocenters. The van der Waals surface area contributed by atoms with Crippen molar-refractivity contribution in [2.45, 2.75) is 6.92 Å². The van der Waals surface area contributed by atoms with Crippen molar-refractivity contribution in [2.24, 2.45) is 0 Å². The van der Waals surface area contributed by atoms with Crippen LogP contribution in [0.1, 0.15) is 16.6 Å². The van der Waals surface area contributed by atoms with Crippen LogP contribution in [0.25, 0.3) is 0 Å². The number of aliphatic carboxylic acids is 1. The maximum Gasteiger partial charge on any atom is 0.323 e. The van der Waals surface area contributed by atoms with Crippen molar-refractivity contribution in [1.82, 2.24) is 4.90 Å². The van der Waals surface area contributed by atoms with E-state index < -0.39 is 24.3 Å². The lowest BCUT2D eigenvalue weighted by atomic mass is 10.3. The minimum absolute atomic E-state index is 0.353. The predicted molar refractivity (Wildman–Crippen MR) is 53.7 cm³/mol. The SMILES string of the molecule is CC(=O)N(CC(=O)O)C(=O)c1cccs1. The Hall–Kier alpha value is -1.69. The summed E-state index contributed by atoms with van der Waals surface area (Å²) in [5, 5.41) is 10.2. The minimum atomic E-state index is -1.21. The van der Waals surface area contributed by atoms with Gasteiger partial charge in [0.05, 0.1) is 4.88 Å². The number of hydrogen-bond donors (Lipinski definition) is 1. The summed E-state index contributed by atoms with van der Waals surface area (Å²) in [4.78, 5) is 34.2.